The lowest BCUT2D eigenvalue weighted by atomic mass is 9.94. The summed E-state index contributed by atoms with van der Waals surface area (Å²) in [6, 6.07) is 5.24. The molecule has 0 radical (unpaired) electrons. The molecule has 1 aromatic carbocycles. The van der Waals surface area contributed by atoms with Gasteiger partial charge in [-0.2, -0.15) is 0 Å². The van der Waals surface area contributed by atoms with Crippen molar-refractivity contribution in [2.75, 3.05) is 6.54 Å². The second-order valence-corrected chi connectivity index (χ2v) is 6.26. The molecule has 1 atom stereocenters. The molecule has 0 fully saturated rings. The molecule has 0 saturated carbocycles. The molecule has 0 spiro atoms. The quantitative estimate of drug-likeness (QED) is 0.696. The minimum Gasteiger partial charge on any atom is -0.306 e. The zero-order chi connectivity index (χ0) is 14.4. The summed E-state index contributed by atoms with van der Waals surface area (Å²) in [7, 11) is 0. The van der Waals surface area contributed by atoms with E-state index in [-0.39, 0.29) is 11.9 Å². The van der Waals surface area contributed by atoms with Gasteiger partial charge in [0, 0.05) is 10.0 Å². The standard InChI is InChI=1S/C17H23BrFN/c1-2-12-20-17(13-8-5-3-4-6-9-13)16-14(18)10-7-11-15(16)19/h7-8,10-11,17,20H,2-6,9,12H2,1H3. The van der Waals surface area contributed by atoms with Crippen LogP contribution in [0, 0.1) is 5.82 Å². The van der Waals surface area contributed by atoms with Gasteiger partial charge in [-0.05, 0) is 50.8 Å². The van der Waals surface area contributed by atoms with Gasteiger partial charge in [0.1, 0.15) is 5.82 Å². The molecule has 1 nitrogen and oxygen atoms in total. The van der Waals surface area contributed by atoms with Crippen LogP contribution >= 0.6 is 15.9 Å². The molecule has 0 aliphatic heterocycles. The van der Waals surface area contributed by atoms with Gasteiger partial charge in [-0.3, -0.25) is 0 Å². The summed E-state index contributed by atoms with van der Waals surface area (Å²) in [6.45, 7) is 3.05. The van der Waals surface area contributed by atoms with Gasteiger partial charge >= 0.3 is 0 Å². The Morgan fingerprint density at radius 2 is 2.15 bits per heavy atom. The summed E-state index contributed by atoms with van der Waals surface area (Å²) in [5.41, 5.74) is 2.11. The van der Waals surface area contributed by atoms with Crippen LogP contribution in [0.4, 0.5) is 4.39 Å². The summed E-state index contributed by atoms with van der Waals surface area (Å²) >= 11 is 3.52. The molecule has 0 aromatic heterocycles. The largest absolute Gasteiger partial charge is 0.306 e. The van der Waals surface area contributed by atoms with Gasteiger partial charge in [-0.25, -0.2) is 4.39 Å². The fourth-order valence-corrected chi connectivity index (χ4v) is 3.37. The van der Waals surface area contributed by atoms with E-state index in [9.17, 15) is 4.39 Å². The third kappa shape index (κ3) is 3.92. The number of benzene rings is 1. The first-order chi connectivity index (χ1) is 9.74. The minimum absolute atomic E-state index is 0.00336. The van der Waals surface area contributed by atoms with Crippen LogP contribution < -0.4 is 5.32 Å². The Hall–Kier alpha value is -0.670. The molecule has 1 aromatic rings. The van der Waals surface area contributed by atoms with Crippen molar-refractivity contribution in [3.05, 3.63) is 45.7 Å². The van der Waals surface area contributed by atoms with E-state index >= 15 is 0 Å². The molecule has 0 amide bonds. The normalized spacial score (nSPS) is 17.4. The molecule has 1 N–H and O–H groups in total. The highest BCUT2D eigenvalue weighted by molar-refractivity contribution is 9.10. The molecule has 110 valence electrons. The van der Waals surface area contributed by atoms with Gasteiger partial charge in [0.05, 0.1) is 6.04 Å². The van der Waals surface area contributed by atoms with E-state index in [2.05, 4.69) is 34.2 Å². The fraction of sp³-hybridized carbons (Fsp3) is 0.529. The predicted octanol–water partition coefficient (Wildman–Crippen LogP) is 5.52. The average molecular weight is 340 g/mol. The Kier molecular flexibility index (Phi) is 6.24. The van der Waals surface area contributed by atoms with Crippen LogP contribution in [0.1, 0.15) is 57.1 Å². The average Bonchev–Trinajstić information content (AvgIpc) is 2.71. The van der Waals surface area contributed by atoms with E-state index < -0.39 is 0 Å². The summed E-state index contributed by atoms with van der Waals surface area (Å²) < 4.78 is 15.1. The molecule has 2 rings (SSSR count). The molecular formula is C17H23BrFN. The maximum absolute atomic E-state index is 14.3. The molecule has 0 bridgehead atoms. The summed E-state index contributed by atoms with van der Waals surface area (Å²) in [5, 5.41) is 3.53. The van der Waals surface area contributed by atoms with E-state index in [1.54, 1.807) is 12.1 Å². The smallest absolute Gasteiger partial charge is 0.129 e. The van der Waals surface area contributed by atoms with Gasteiger partial charge in [-0.1, -0.05) is 47.0 Å². The lowest BCUT2D eigenvalue weighted by molar-refractivity contribution is 0.526. The van der Waals surface area contributed by atoms with E-state index in [0.717, 1.165) is 35.8 Å². The highest BCUT2D eigenvalue weighted by atomic mass is 79.9. The first kappa shape index (κ1) is 15.7. The van der Waals surface area contributed by atoms with Crippen molar-refractivity contribution in [3.8, 4) is 0 Å². The highest BCUT2D eigenvalue weighted by Gasteiger charge is 2.22. The van der Waals surface area contributed by atoms with Crippen LogP contribution in [-0.4, -0.2) is 6.54 Å². The number of nitrogens with one attached hydrogen (secondary N) is 1. The van der Waals surface area contributed by atoms with Crippen LogP contribution in [0.5, 0.6) is 0 Å². The minimum atomic E-state index is -0.127. The molecule has 1 aliphatic carbocycles. The first-order valence-electron chi connectivity index (χ1n) is 7.60. The molecular weight excluding hydrogens is 317 g/mol. The maximum Gasteiger partial charge on any atom is 0.129 e. The molecule has 1 aliphatic rings. The van der Waals surface area contributed by atoms with Crippen LogP contribution in [-0.2, 0) is 0 Å². The first-order valence-corrected chi connectivity index (χ1v) is 8.39. The monoisotopic (exact) mass is 339 g/mol. The summed E-state index contributed by atoms with van der Waals surface area (Å²) in [5.74, 6) is -0.127. The highest BCUT2D eigenvalue weighted by Crippen LogP contribution is 2.34. The molecule has 0 heterocycles. The Labute approximate surface area is 129 Å². The van der Waals surface area contributed by atoms with Crippen LogP contribution in [0.3, 0.4) is 0 Å². The Balaban J connectivity index is 2.33. The van der Waals surface area contributed by atoms with Gasteiger partial charge in [-0.15, -0.1) is 0 Å². The number of rotatable bonds is 5. The van der Waals surface area contributed by atoms with Crippen LogP contribution in [0.15, 0.2) is 34.3 Å². The number of halogens is 2. The molecule has 0 saturated heterocycles. The van der Waals surface area contributed by atoms with Gasteiger partial charge in [0.2, 0.25) is 0 Å². The van der Waals surface area contributed by atoms with Crippen LogP contribution in [0.25, 0.3) is 0 Å². The predicted molar refractivity (Wildman–Crippen MR) is 86.3 cm³/mol. The molecule has 3 heteroatoms. The second kappa shape index (κ2) is 7.94. The van der Waals surface area contributed by atoms with Crippen molar-refractivity contribution in [2.24, 2.45) is 0 Å². The Morgan fingerprint density at radius 1 is 1.30 bits per heavy atom. The van der Waals surface area contributed by atoms with E-state index in [4.69, 9.17) is 0 Å². The van der Waals surface area contributed by atoms with E-state index in [0.29, 0.717) is 0 Å². The van der Waals surface area contributed by atoms with Crippen LogP contribution in [0.2, 0.25) is 0 Å². The Bertz CT molecular complexity index is 450. The maximum atomic E-state index is 14.3. The fourth-order valence-electron chi connectivity index (χ4n) is 2.80. The van der Waals surface area contributed by atoms with Crippen molar-refractivity contribution in [1.82, 2.24) is 5.32 Å². The summed E-state index contributed by atoms with van der Waals surface area (Å²) in [4.78, 5) is 0. The van der Waals surface area contributed by atoms with Crippen molar-refractivity contribution in [1.29, 1.82) is 0 Å². The van der Waals surface area contributed by atoms with Crippen molar-refractivity contribution in [3.63, 3.8) is 0 Å². The lowest BCUT2D eigenvalue weighted by Crippen LogP contribution is -2.25. The second-order valence-electron chi connectivity index (χ2n) is 5.40. The van der Waals surface area contributed by atoms with E-state index in [1.807, 2.05) is 6.07 Å². The van der Waals surface area contributed by atoms with Gasteiger partial charge in [0.25, 0.3) is 0 Å². The zero-order valence-corrected chi connectivity index (χ0v) is 13.7. The summed E-state index contributed by atoms with van der Waals surface area (Å²) in [6.07, 6.45) is 9.30. The SMILES string of the molecule is CCCNC(C1=CCCCCC1)c1c(F)cccc1Br. The number of hydrogen-bond donors (Lipinski definition) is 1. The molecule has 1 unspecified atom stereocenters. The molecule has 20 heavy (non-hydrogen) atoms. The van der Waals surface area contributed by atoms with Crippen molar-refractivity contribution in [2.45, 2.75) is 51.5 Å². The topological polar surface area (TPSA) is 12.0 Å². The van der Waals surface area contributed by atoms with E-state index in [1.165, 1.54) is 24.8 Å². The third-order valence-electron chi connectivity index (χ3n) is 3.83. The lowest BCUT2D eigenvalue weighted by Gasteiger charge is -2.24. The zero-order valence-electron chi connectivity index (χ0n) is 12.1. The van der Waals surface area contributed by atoms with Crippen molar-refractivity contribution >= 4 is 15.9 Å². The Morgan fingerprint density at radius 3 is 2.90 bits per heavy atom. The van der Waals surface area contributed by atoms with Gasteiger partial charge < -0.3 is 5.32 Å². The number of hydrogen-bond acceptors (Lipinski definition) is 1. The van der Waals surface area contributed by atoms with Crippen molar-refractivity contribution < 1.29 is 4.39 Å². The number of allylic oxidation sites excluding steroid dienone is 1. The van der Waals surface area contributed by atoms with Gasteiger partial charge in [0.15, 0.2) is 0 Å². The third-order valence-corrected chi connectivity index (χ3v) is 4.53.